The first-order chi connectivity index (χ1) is 9.42. The van der Waals surface area contributed by atoms with E-state index in [2.05, 4.69) is 11.6 Å². The molecule has 0 amide bonds. The smallest absolute Gasteiger partial charge is 0.240 e. The van der Waals surface area contributed by atoms with Gasteiger partial charge in [-0.2, -0.15) is 0 Å². The predicted octanol–water partition coefficient (Wildman–Crippen LogP) is 2.68. The minimum atomic E-state index is -3.52. The molecule has 0 aliphatic carbocycles. The highest BCUT2D eigenvalue weighted by Crippen LogP contribution is 2.19. The Morgan fingerprint density at radius 1 is 1.20 bits per heavy atom. The number of thiophene rings is 1. The molecule has 2 aromatic rings. The summed E-state index contributed by atoms with van der Waals surface area (Å²) in [5.74, 6) is 0. The number of sulfonamides is 1. The summed E-state index contributed by atoms with van der Waals surface area (Å²) in [6, 6.07) is 8.75. The van der Waals surface area contributed by atoms with Crippen molar-refractivity contribution in [1.29, 1.82) is 0 Å². The first-order valence-corrected chi connectivity index (χ1v) is 8.65. The van der Waals surface area contributed by atoms with Gasteiger partial charge in [-0.25, -0.2) is 13.1 Å². The number of aryl methyl sites for hydroxylation is 2. The lowest BCUT2D eigenvalue weighted by molar-refractivity contribution is 0.582. The third-order valence-corrected chi connectivity index (χ3v) is 5.69. The van der Waals surface area contributed by atoms with E-state index in [1.54, 1.807) is 23.5 Å². The van der Waals surface area contributed by atoms with E-state index in [4.69, 9.17) is 5.73 Å². The van der Waals surface area contributed by atoms with E-state index in [0.29, 0.717) is 12.2 Å². The number of nitrogen functional groups attached to an aromatic ring is 1. The number of anilines is 1. The zero-order valence-corrected chi connectivity index (χ0v) is 13.1. The summed E-state index contributed by atoms with van der Waals surface area (Å²) in [6.45, 7) is 4.23. The van der Waals surface area contributed by atoms with Crippen molar-refractivity contribution in [2.24, 2.45) is 0 Å². The monoisotopic (exact) mass is 310 g/mol. The molecule has 1 heterocycles. The van der Waals surface area contributed by atoms with Gasteiger partial charge in [0.05, 0.1) is 4.90 Å². The number of rotatable bonds is 5. The maximum Gasteiger partial charge on any atom is 0.240 e. The van der Waals surface area contributed by atoms with Gasteiger partial charge in [-0.05, 0) is 43.2 Å². The fourth-order valence-electron chi connectivity index (χ4n) is 1.74. The number of hydrogen-bond donors (Lipinski definition) is 2. The summed E-state index contributed by atoms with van der Waals surface area (Å²) in [5, 5.41) is 0. The van der Waals surface area contributed by atoms with Gasteiger partial charge in [-0.15, -0.1) is 11.3 Å². The van der Waals surface area contributed by atoms with E-state index in [1.807, 2.05) is 19.1 Å². The van der Waals surface area contributed by atoms with Gasteiger partial charge < -0.3 is 5.73 Å². The van der Waals surface area contributed by atoms with Gasteiger partial charge in [-0.3, -0.25) is 0 Å². The predicted molar refractivity (Wildman–Crippen MR) is 83.3 cm³/mol. The Morgan fingerprint density at radius 3 is 2.50 bits per heavy atom. The Labute approximate surface area is 123 Å². The van der Waals surface area contributed by atoms with Crippen LogP contribution in [0, 0.1) is 6.92 Å². The largest absolute Gasteiger partial charge is 0.398 e. The van der Waals surface area contributed by atoms with Crippen LogP contribution >= 0.6 is 11.3 Å². The molecule has 6 heteroatoms. The van der Waals surface area contributed by atoms with Gasteiger partial charge in [0.15, 0.2) is 0 Å². The molecular weight excluding hydrogens is 292 g/mol. The quantitative estimate of drug-likeness (QED) is 0.834. The Hall–Kier alpha value is -1.37. The third kappa shape index (κ3) is 3.39. The van der Waals surface area contributed by atoms with E-state index in [1.165, 1.54) is 10.9 Å². The highest BCUT2D eigenvalue weighted by Gasteiger charge is 2.15. The molecule has 0 spiro atoms. The van der Waals surface area contributed by atoms with Crippen LogP contribution in [0.4, 0.5) is 5.69 Å². The molecule has 0 bridgehead atoms. The van der Waals surface area contributed by atoms with Crippen LogP contribution in [0.2, 0.25) is 0 Å². The van der Waals surface area contributed by atoms with E-state index >= 15 is 0 Å². The van der Waals surface area contributed by atoms with E-state index in [9.17, 15) is 8.42 Å². The van der Waals surface area contributed by atoms with Crippen LogP contribution in [-0.2, 0) is 23.0 Å². The molecule has 2 rings (SSSR count). The lowest BCUT2D eigenvalue weighted by atomic mass is 10.2. The normalized spacial score (nSPS) is 11.7. The molecule has 0 atom stereocenters. The van der Waals surface area contributed by atoms with Gasteiger partial charge >= 0.3 is 0 Å². The van der Waals surface area contributed by atoms with Crippen LogP contribution in [0.5, 0.6) is 0 Å². The molecule has 4 nitrogen and oxygen atoms in total. The zero-order chi connectivity index (χ0) is 14.8. The Bertz CT molecular complexity index is 706. The van der Waals surface area contributed by atoms with Crippen molar-refractivity contribution in [1.82, 2.24) is 4.72 Å². The summed E-state index contributed by atoms with van der Waals surface area (Å²) in [6.07, 6.45) is 0.964. The van der Waals surface area contributed by atoms with Crippen LogP contribution in [0.15, 0.2) is 35.2 Å². The van der Waals surface area contributed by atoms with Crippen LogP contribution < -0.4 is 10.5 Å². The van der Waals surface area contributed by atoms with Crippen molar-refractivity contribution in [3.05, 3.63) is 45.6 Å². The Morgan fingerprint density at radius 2 is 1.90 bits per heavy atom. The van der Waals surface area contributed by atoms with Crippen LogP contribution in [0.1, 0.15) is 22.2 Å². The molecule has 0 saturated carbocycles. The second-order valence-corrected chi connectivity index (χ2v) is 7.58. The fraction of sp³-hybridized carbons (Fsp3) is 0.286. The lowest BCUT2D eigenvalue weighted by Crippen LogP contribution is -2.23. The van der Waals surface area contributed by atoms with Crippen molar-refractivity contribution in [3.8, 4) is 0 Å². The third-order valence-electron chi connectivity index (χ3n) is 3.06. The summed E-state index contributed by atoms with van der Waals surface area (Å²) in [4.78, 5) is 2.46. The van der Waals surface area contributed by atoms with Gasteiger partial charge in [0.1, 0.15) is 0 Å². The van der Waals surface area contributed by atoms with Crippen molar-refractivity contribution in [2.75, 3.05) is 5.73 Å². The first kappa shape index (κ1) is 15.0. The molecule has 0 unspecified atom stereocenters. The molecule has 0 fully saturated rings. The molecule has 1 aromatic carbocycles. The SMILES string of the molecule is CCc1ccc(CNS(=O)(=O)c2ccc(C)c(N)c2)s1. The molecule has 0 saturated heterocycles. The number of benzene rings is 1. The molecule has 108 valence electrons. The second kappa shape index (κ2) is 5.95. The van der Waals surface area contributed by atoms with Crippen molar-refractivity contribution < 1.29 is 8.42 Å². The second-order valence-electron chi connectivity index (χ2n) is 4.56. The fourth-order valence-corrected chi connectivity index (χ4v) is 3.77. The molecule has 20 heavy (non-hydrogen) atoms. The van der Waals surface area contributed by atoms with Gasteiger partial charge in [0.2, 0.25) is 10.0 Å². The molecule has 0 radical (unpaired) electrons. The summed E-state index contributed by atoms with van der Waals surface area (Å²) < 4.78 is 27.0. The highest BCUT2D eigenvalue weighted by molar-refractivity contribution is 7.89. The van der Waals surface area contributed by atoms with Crippen molar-refractivity contribution in [3.63, 3.8) is 0 Å². The summed E-state index contributed by atoms with van der Waals surface area (Å²) >= 11 is 1.62. The van der Waals surface area contributed by atoms with Crippen molar-refractivity contribution in [2.45, 2.75) is 31.7 Å². The lowest BCUT2D eigenvalue weighted by Gasteiger charge is -2.07. The molecule has 0 aliphatic rings. The molecular formula is C14H18N2O2S2. The van der Waals surface area contributed by atoms with Crippen LogP contribution in [-0.4, -0.2) is 8.42 Å². The minimum Gasteiger partial charge on any atom is -0.398 e. The number of nitrogens with one attached hydrogen (secondary N) is 1. The average Bonchev–Trinajstić information content (AvgIpc) is 2.87. The van der Waals surface area contributed by atoms with Gasteiger partial charge in [0, 0.05) is 22.0 Å². The summed E-state index contributed by atoms with van der Waals surface area (Å²) in [7, 11) is -3.52. The Balaban J connectivity index is 2.12. The topological polar surface area (TPSA) is 72.2 Å². The van der Waals surface area contributed by atoms with Crippen molar-refractivity contribution >= 4 is 27.0 Å². The van der Waals surface area contributed by atoms with E-state index in [-0.39, 0.29) is 4.90 Å². The summed E-state index contributed by atoms with van der Waals surface area (Å²) in [5.41, 5.74) is 7.11. The number of nitrogens with two attached hydrogens (primary N) is 1. The minimum absolute atomic E-state index is 0.202. The van der Waals surface area contributed by atoms with Gasteiger partial charge in [-0.1, -0.05) is 13.0 Å². The molecule has 0 aliphatic heterocycles. The molecule has 1 aromatic heterocycles. The Kier molecular flexibility index (Phi) is 4.47. The van der Waals surface area contributed by atoms with Crippen LogP contribution in [0.25, 0.3) is 0 Å². The zero-order valence-electron chi connectivity index (χ0n) is 11.5. The van der Waals surface area contributed by atoms with Gasteiger partial charge in [0.25, 0.3) is 0 Å². The standard InChI is InChI=1S/C14H18N2O2S2/c1-3-11-5-6-12(19-11)9-16-20(17,18)13-7-4-10(2)14(15)8-13/h4-8,16H,3,9,15H2,1-2H3. The van der Waals surface area contributed by atoms with E-state index < -0.39 is 10.0 Å². The maximum atomic E-state index is 12.2. The first-order valence-electron chi connectivity index (χ1n) is 6.35. The molecule has 3 N–H and O–H groups in total. The van der Waals surface area contributed by atoms with Crippen LogP contribution in [0.3, 0.4) is 0 Å². The maximum absolute atomic E-state index is 12.2. The average molecular weight is 310 g/mol. The van der Waals surface area contributed by atoms with E-state index in [0.717, 1.165) is 16.9 Å². The highest BCUT2D eigenvalue weighted by atomic mass is 32.2. The number of hydrogen-bond acceptors (Lipinski definition) is 4.